The minimum atomic E-state index is -0.0253. The first kappa shape index (κ1) is 13.5. The molecular formula is C14H23N5O. The number of piperazine rings is 1. The molecule has 1 aromatic rings. The van der Waals surface area contributed by atoms with Gasteiger partial charge in [0.2, 0.25) is 5.82 Å². The van der Waals surface area contributed by atoms with Crippen LogP contribution in [-0.2, 0) is 6.42 Å². The second-order valence-corrected chi connectivity index (χ2v) is 5.95. The molecular weight excluding hydrogens is 254 g/mol. The molecule has 2 aliphatic heterocycles. The smallest absolute Gasteiger partial charge is 0.293 e. The van der Waals surface area contributed by atoms with Gasteiger partial charge in [0.25, 0.3) is 5.91 Å². The van der Waals surface area contributed by atoms with Crippen molar-refractivity contribution in [2.45, 2.75) is 51.6 Å². The average Bonchev–Trinajstić information content (AvgIpc) is 3.06. The highest BCUT2D eigenvalue weighted by Crippen LogP contribution is 2.25. The third kappa shape index (κ3) is 2.44. The number of carbonyl (C=O) groups is 1. The summed E-state index contributed by atoms with van der Waals surface area (Å²) in [6, 6.07) is 0.772. The zero-order valence-electron chi connectivity index (χ0n) is 12.3. The van der Waals surface area contributed by atoms with E-state index in [4.69, 9.17) is 0 Å². The molecule has 2 aliphatic rings. The molecule has 1 amide bonds. The topological polar surface area (TPSA) is 65.1 Å². The van der Waals surface area contributed by atoms with Crippen LogP contribution in [0, 0.1) is 0 Å². The zero-order chi connectivity index (χ0) is 14.1. The third-order valence-electron chi connectivity index (χ3n) is 4.41. The van der Waals surface area contributed by atoms with E-state index < -0.39 is 0 Å². The third-order valence-corrected chi connectivity index (χ3v) is 4.41. The largest absolute Gasteiger partial charge is 0.330 e. The first-order chi connectivity index (χ1) is 9.69. The number of carbonyl (C=O) groups excluding carboxylic acids is 1. The second-order valence-electron chi connectivity index (χ2n) is 5.95. The molecule has 0 bridgehead atoms. The van der Waals surface area contributed by atoms with Crippen molar-refractivity contribution in [3.63, 3.8) is 0 Å². The van der Waals surface area contributed by atoms with Gasteiger partial charge in [-0.25, -0.2) is 4.98 Å². The van der Waals surface area contributed by atoms with Crippen LogP contribution in [-0.4, -0.2) is 62.6 Å². The Hall–Kier alpha value is -1.43. The SMILES string of the molecule is CCCc1nc(C(=O)N2CC3CCCN3CC2C)n[nH]1. The van der Waals surface area contributed by atoms with E-state index in [1.807, 2.05) is 4.90 Å². The Bertz CT molecular complexity index is 486. The number of hydrogen-bond acceptors (Lipinski definition) is 4. The second kappa shape index (κ2) is 5.52. The Kier molecular flexibility index (Phi) is 3.74. The van der Waals surface area contributed by atoms with Crippen LogP contribution in [0.5, 0.6) is 0 Å². The number of nitrogens with one attached hydrogen (secondary N) is 1. The van der Waals surface area contributed by atoms with Gasteiger partial charge in [0.1, 0.15) is 5.82 Å². The fourth-order valence-corrected chi connectivity index (χ4v) is 3.34. The van der Waals surface area contributed by atoms with Gasteiger partial charge in [-0.1, -0.05) is 6.92 Å². The molecule has 0 spiro atoms. The van der Waals surface area contributed by atoms with Crippen LogP contribution in [0.3, 0.4) is 0 Å². The number of rotatable bonds is 3. The molecule has 3 rings (SSSR count). The summed E-state index contributed by atoms with van der Waals surface area (Å²) in [6.45, 7) is 7.18. The average molecular weight is 277 g/mol. The number of amides is 1. The predicted octanol–water partition coefficient (Wildman–Crippen LogP) is 1.07. The van der Waals surface area contributed by atoms with Crippen molar-refractivity contribution in [1.82, 2.24) is 25.0 Å². The van der Waals surface area contributed by atoms with Gasteiger partial charge in [-0.05, 0) is 32.7 Å². The van der Waals surface area contributed by atoms with Crippen LogP contribution >= 0.6 is 0 Å². The van der Waals surface area contributed by atoms with Crippen LogP contribution < -0.4 is 0 Å². The number of nitrogens with zero attached hydrogens (tertiary/aromatic N) is 4. The maximum atomic E-state index is 12.6. The van der Waals surface area contributed by atoms with E-state index in [9.17, 15) is 4.79 Å². The Balaban J connectivity index is 1.72. The van der Waals surface area contributed by atoms with E-state index in [1.54, 1.807) is 0 Å². The molecule has 20 heavy (non-hydrogen) atoms. The van der Waals surface area contributed by atoms with Gasteiger partial charge >= 0.3 is 0 Å². The minimum Gasteiger partial charge on any atom is -0.330 e. The summed E-state index contributed by atoms with van der Waals surface area (Å²) in [4.78, 5) is 21.4. The van der Waals surface area contributed by atoms with Crippen molar-refractivity contribution in [3.05, 3.63) is 11.6 Å². The van der Waals surface area contributed by atoms with Crippen molar-refractivity contribution >= 4 is 5.91 Å². The number of fused-ring (bicyclic) bond motifs is 1. The normalized spacial score (nSPS) is 26.8. The maximum absolute atomic E-state index is 12.6. The van der Waals surface area contributed by atoms with E-state index in [-0.39, 0.29) is 11.9 Å². The minimum absolute atomic E-state index is 0.0253. The molecule has 3 heterocycles. The maximum Gasteiger partial charge on any atom is 0.293 e. The first-order valence-electron chi connectivity index (χ1n) is 7.65. The van der Waals surface area contributed by atoms with Crippen LogP contribution in [0.15, 0.2) is 0 Å². The summed E-state index contributed by atoms with van der Waals surface area (Å²) in [5, 5.41) is 6.96. The standard InChI is InChI=1S/C14H23N5O/c1-3-5-12-15-13(17-16-12)14(20)19-9-11-6-4-7-18(11)8-10(19)2/h10-11H,3-9H2,1-2H3,(H,15,16,17). The van der Waals surface area contributed by atoms with E-state index in [2.05, 4.69) is 33.9 Å². The molecule has 2 atom stereocenters. The Morgan fingerprint density at radius 2 is 2.30 bits per heavy atom. The summed E-state index contributed by atoms with van der Waals surface area (Å²) < 4.78 is 0. The molecule has 6 nitrogen and oxygen atoms in total. The molecule has 2 saturated heterocycles. The number of aryl methyl sites for hydroxylation is 1. The highest BCUT2D eigenvalue weighted by molar-refractivity contribution is 5.90. The summed E-state index contributed by atoms with van der Waals surface area (Å²) >= 11 is 0. The summed E-state index contributed by atoms with van der Waals surface area (Å²) in [7, 11) is 0. The Morgan fingerprint density at radius 1 is 1.45 bits per heavy atom. The van der Waals surface area contributed by atoms with Gasteiger partial charge < -0.3 is 4.90 Å². The van der Waals surface area contributed by atoms with Gasteiger partial charge in [0.15, 0.2) is 0 Å². The van der Waals surface area contributed by atoms with Crippen LogP contribution in [0.25, 0.3) is 0 Å². The highest BCUT2D eigenvalue weighted by atomic mass is 16.2. The fourth-order valence-electron chi connectivity index (χ4n) is 3.34. The summed E-state index contributed by atoms with van der Waals surface area (Å²) in [5.74, 6) is 1.11. The van der Waals surface area contributed by atoms with Crippen LogP contribution in [0.2, 0.25) is 0 Å². The lowest BCUT2D eigenvalue weighted by Gasteiger charge is -2.41. The summed E-state index contributed by atoms with van der Waals surface area (Å²) in [5.41, 5.74) is 0. The van der Waals surface area contributed by atoms with E-state index in [0.717, 1.165) is 31.8 Å². The molecule has 110 valence electrons. The summed E-state index contributed by atoms with van der Waals surface area (Å²) in [6.07, 6.45) is 4.29. The van der Waals surface area contributed by atoms with Gasteiger partial charge in [-0.3, -0.25) is 14.8 Å². The van der Waals surface area contributed by atoms with E-state index in [1.165, 1.54) is 19.4 Å². The van der Waals surface area contributed by atoms with Gasteiger partial charge in [0, 0.05) is 31.6 Å². The van der Waals surface area contributed by atoms with Gasteiger partial charge in [-0.15, -0.1) is 5.10 Å². The quantitative estimate of drug-likeness (QED) is 0.897. The number of hydrogen-bond donors (Lipinski definition) is 1. The molecule has 0 aliphatic carbocycles. The molecule has 1 N–H and O–H groups in total. The van der Waals surface area contributed by atoms with Crippen molar-refractivity contribution < 1.29 is 4.79 Å². The number of aromatic amines is 1. The Morgan fingerprint density at radius 3 is 3.10 bits per heavy atom. The Labute approximate surface area is 119 Å². The lowest BCUT2D eigenvalue weighted by atomic mass is 10.1. The molecule has 6 heteroatoms. The van der Waals surface area contributed by atoms with E-state index >= 15 is 0 Å². The monoisotopic (exact) mass is 277 g/mol. The predicted molar refractivity (Wildman–Crippen MR) is 75.5 cm³/mol. The van der Waals surface area contributed by atoms with Crippen molar-refractivity contribution in [3.8, 4) is 0 Å². The van der Waals surface area contributed by atoms with Gasteiger partial charge in [0.05, 0.1) is 0 Å². The fraction of sp³-hybridized carbons (Fsp3) is 0.786. The molecule has 0 aromatic carbocycles. The van der Waals surface area contributed by atoms with Gasteiger partial charge in [-0.2, -0.15) is 0 Å². The van der Waals surface area contributed by atoms with Crippen LogP contribution in [0.4, 0.5) is 0 Å². The van der Waals surface area contributed by atoms with Crippen molar-refractivity contribution in [1.29, 1.82) is 0 Å². The number of aromatic nitrogens is 3. The lowest BCUT2D eigenvalue weighted by Crippen LogP contribution is -2.56. The highest BCUT2D eigenvalue weighted by Gasteiger charge is 2.37. The van der Waals surface area contributed by atoms with E-state index in [0.29, 0.717) is 11.9 Å². The molecule has 0 saturated carbocycles. The van der Waals surface area contributed by atoms with Crippen LogP contribution in [0.1, 0.15) is 49.6 Å². The molecule has 2 unspecified atom stereocenters. The molecule has 0 radical (unpaired) electrons. The number of H-pyrrole nitrogens is 1. The molecule has 1 aromatic heterocycles. The van der Waals surface area contributed by atoms with Crippen molar-refractivity contribution in [2.24, 2.45) is 0 Å². The first-order valence-corrected chi connectivity index (χ1v) is 7.65. The van der Waals surface area contributed by atoms with Crippen molar-refractivity contribution in [2.75, 3.05) is 19.6 Å². The molecule has 2 fully saturated rings. The zero-order valence-corrected chi connectivity index (χ0v) is 12.3. The lowest BCUT2D eigenvalue weighted by molar-refractivity contribution is 0.0385.